The van der Waals surface area contributed by atoms with Crippen molar-refractivity contribution in [2.24, 2.45) is 39.0 Å². The number of benzene rings is 2. The number of carbonyl (C=O) groups is 2. The summed E-state index contributed by atoms with van der Waals surface area (Å²) in [5.74, 6) is -5.73. The number of ether oxygens (including phenoxy) is 12. The van der Waals surface area contributed by atoms with Gasteiger partial charge in [-0.15, -0.1) is 0 Å². The molecule has 2 aromatic carbocycles. The van der Waals surface area contributed by atoms with E-state index in [0.29, 0.717) is 11.1 Å². The molecule has 79 heavy (non-hydrogen) atoms. The zero-order valence-electron chi connectivity index (χ0n) is 43.6. The summed E-state index contributed by atoms with van der Waals surface area (Å²) in [6, 6.07) is 13.5. The first kappa shape index (κ1) is 61.3. The van der Waals surface area contributed by atoms with Gasteiger partial charge in [0.05, 0.1) is 63.4 Å². The summed E-state index contributed by atoms with van der Waals surface area (Å²) < 4.78 is 73.3. The van der Waals surface area contributed by atoms with Crippen molar-refractivity contribution in [3.8, 4) is 0 Å². The van der Waals surface area contributed by atoms with Crippen LogP contribution in [0.15, 0.2) is 76.0 Å². The maximum atomic E-state index is 13.3. The number of aliphatic carboxylic acids is 2. The zero-order valence-corrected chi connectivity index (χ0v) is 43.6. The first-order chi connectivity index (χ1) is 38.0. The predicted molar refractivity (Wildman–Crippen MR) is 264 cm³/mol. The molecule has 5 aliphatic rings. The monoisotopic (exact) mass is 1120 g/mol. The van der Waals surface area contributed by atoms with Crippen LogP contribution >= 0.6 is 0 Å². The lowest BCUT2D eigenvalue weighted by Crippen LogP contribution is -2.67. The standard InChI is InChI=1S/C49H67N9O21/c1-21-22(2)30(53-56-50)46(71-27(21)16-59)75-36-24(4)37(69-19-25-12-8-6-9-13-25)49(79-41(36)43(64)65)76-38-29(18-61)73-47(32(33(38)62)55-58-52)77-40-39(70-20-26-14-10-7-11-15-26)34(63)48(78-42(40)44(66)67)74-35-23(3)31(54-57-51)45(68-5)72-28(35)17-60/h6-15,21-24,27-42,45-49,59-63H,16-20H2,1-5H3,(H,64,65)(H,66,67)/t21-,22-,23+,24-,27?,28?,29?,30?,31?,32?,33+,34?,35-,36-,37?,38+,39-,40+,41?,42?,45-,46+,47-,48+,49+/m0/s1. The molecule has 5 fully saturated rings. The van der Waals surface area contributed by atoms with Gasteiger partial charge in [0, 0.05) is 27.8 Å². The van der Waals surface area contributed by atoms with Crippen LogP contribution in [0.4, 0.5) is 0 Å². The van der Waals surface area contributed by atoms with E-state index in [-0.39, 0.29) is 19.1 Å². The minimum Gasteiger partial charge on any atom is -0.479 e. The Morgan fingerprint density at radius 3 is 1.48 bits per heavy atom. The van der Waals surface area contributed by atoms with Gasteiger partial charge in [0.2, 0.25) is 0 Å². The topological polar surface area (TPSA) is 433 Å². The van der Waals surface area contributed by atoms with Crippen molar-refractivity contribution >= 4 is 11.9 Å². The van der Waals surface area contributed by atoms with Crippen molar-refractivity contribution in [2.45, 2.75) is 170 Å². The van der Waals surface area contributed by atoms with Crippen molar-refractivity contribution in [3.05, 3.63) is 103 Å². The number of aliphatic hydroxyl groups is 5. The number of methoxy groups -OCH3 is 1. The van der Waals surface area contributed by atoms with Gasteiger partial charge in [0.1, 0.15) is 54.9 Å². The van der Waals surface area contributed by atoms with Gasteiger partial charge in [-0.05, 0) is 45.5 Å². The molecular weight excluding hydrogens is 1050 g/mol. The van der Waals surface area contributed by atoms with Crippen LogP contribution in [0.5, 0.6) is 0 Å². The van der Waals surface area contributed by atoms with Gasteiger partial charge in [-0.2, -0.15) is 0 Å². The molecule has 0 bridgehead atoms. The lowest BCUT2D eigenvalue weighted by atomic mass is 9.82. The third-order valence-electron chi connectivity index (χ3n) is 15.1. The molecule has 25 atom stereocenters. The normalized spacial score (nSPS) is 40.5. The molecule has 7 rings (SSSR count). The summed E-state index contributed by atoms with van der Waals surface area (Å²) in [4.78, 5) is 35.1. The van der Waals surface area contributed by atoms with E-state index in [9.17, 15) is 61.9 Å². The third kappa shape index (κ3) is 13.9. The van der Waals surface area contributed by atoms with Crippen LogP contribution < -0.4 is 0 Å². The summed E-state index contributed by atoms with van der Waals surface area (Å²) >= 11 is 0. The molecule has 5 aliphatic heterocycles. The van der Waals surface area contributed by atoms with Gasteiger partial charge in [-0.3, -0.25) is 0 Å². The van der Waals surface area contributed by atoms with Gasteiger partial charge in [0.15, 0.2) is 43.7 Å². The highest BCUT2D eigenvalue weighted by molar-refractivity contribution is 5.74. The Kier molecular flexibility index (Phi) is 22.0. The minimum absolute atomic E-state index is 0.101. The van der Waals surface area contributed by atoms with E-state index in [1.54, 1.807) is 88.4 Å². The quantitative estimate of drug-likeness (QED) is 0.0477. The Labute approximate surface area is 452 Å². The van der Waals surface area contributed by atoms with E-state index in [4.69, 9.17) is 56.8 Å². The van der Waals surface area contributed by atoms with Crippen molar-refractivity contribution in [1.82, 2.24) is 0 Å². The fourth-order valence-corrected chi connectivity index (χ4v) is 10.6. The number of carboxylic acids is 2. The predicted octanol–water partition coefficient (Wildman–Crippen LogP) is 2.42. The number of nitrogens with zero attached hydrogens (tertiary/aromatic N) is 9. The summed E-state index contributed by atoms with van der Waals surface area (Å²) in [6.45, 7) is 4.32. The van der Waals surface area contributed by atoms with Crippen LogP contribution in [0.25, 0.3) is 31.3 Å². The van der Waals surface area contributed by atoms with Crippen LogP contribution in [0.3, 0.4) is 0 Å². The molecule has 0 aromatic heterocycles. The number of hydrogen-bond acceptors (Lipinski definition) is 22. The molecule has 0 spiro atoms. The van der Waals surface area contributed by atoms with Crippen LogP contribution in [0, 0.1) is 23.7 Å². The lowest BCUT2D eigenvalue weighted by Gasteiger charge is -2.50. The molecular formula is C49H67N9O21. The molecule has 5 heterocycles. The van der Waals surface area contributed by atoms with Crippen LogP contribution in [-0.4, -0.2) is 204 Å². The first-order valence-corrected chi connectivity index (χ1v) is 25.5. The third-order valence-corrected chi connectivity index (χ3v) is 15.1. The van der Waals surface area contributed by atoms with Crippen molar-refractivity contribution in [3.63, 3.8) is 0 Å². The minimum atomic E-state index is -2.11. The second kappa shape index (κ2) is 28.4. The van der Waals surface area contributed by atoms with Crippen molar-refractivity contribution < 1.29 is 102 Å². The molecule has 30 nitrogen and oxygen atoms in total. The summed E-state index contributed by atoms with van der Waals surface area (Å²) in [6.07, 6.45) is -28.9. The Balaban J connectivity index is 1.18. The number of hydrogen-bond donors (Lipinski definition) is 7. The zero-order chi connectivity index (χ0) is 57.1. The number of aliphatic hydroxyl groups excluding tert-OH is 5. The van der Waals surface area contributed by atoms with E-state index in [1.807, 2.05) is 0 Å². The van der Waals surface area contributed by atoms with Crippen molar-refractivity contribution in [2.75, 3.05) is 26.9 Å². The second-order valence-electron chi connectivity index (χ2n) is 19.9. The van der Waals surface area contributed by atoms with Gasteiger partial charge >= 0.3 is 11.9 Å². The number of rotatable bonds is 23. The van der Waals surface area contributed by atoms with Gasteiger partial charge in [-0.25, -0.2) is 9.59 Å². The molecule has 10 unspecified atom stereocenters. The largest absolute Gasteiger partial charge is 0.479 e. The SMILES string of the molecule is CO[C@H]1OC(CO)[C@@H](O[C@@H]2OC(C(=O)O)[C@H](O[C@@H]3OC(CO)[C@@H](O[C@@H]4OC(C(=O)O)[C@@H](O[C@H]5OC(CO)[C@@H](C)[C@H](C)C5N=[N+]=[N-])[C@H](C)C4OCc4ccccc4)[C@H](O)C3N=[N+]=[N-])[C@@H](OCc3ccccc3)C2O)[C@H](C)C1N=[N+]=[N-]. The number of carboxylic acid groups (broad SMARTS) is 2. The Morgan fingerprint density at radius 2 is 0.937 bits per heavy atom. The molecule has 0 saturated carbocycles. The van der Waals surface area contributed by atoms with Gasteiger partial charge in [-0.1, -0.05) is 104 Å². The molecule has 30 heteroatoms. The van der Waals surface area contributed by atoms with E-state index in [1.165, 1.54) is 7.11 Å². The maximum absolute atomic E-state index is 13.3. The molecule has 0 radical (unpaired) electrons. The molecule has 0 amide bonds. The van der Waals surface area contributed by atoms with Gasteiger partial charge in [0.25, 0.3) is 0 Å². The van der Waals surface area contributed by atoms with E-state index in [0.717, 1.165) is 0 Å². The Bertz CT molecular complexity index is 2450. The molecule has 2 aromatic rings. The fourth-order valence-electron chi connectivity index (χ4n) is 10.6. The van der Waals surface area contributed by atoms with Crippen LogP contribution in [-0.2, 0) is 79.6 Å². The van der Waals surface area contributed by atoms with Crippen LogP contribution in [0.2, 0.25) is 0 Å². The molecule has 5 saturated heterocycles. The average molecular weight is 1120 g/mol. The van der Waals surface area contributed by atoms with Crippen molar-refractivity contribution in [1.29, 1.82) is 0 Å². The smallest absolute Gasteiger partial charge is 0.335 e. The number of azide groups is 3. The molecule has 7 N–H and O–H groups in total. The highest BCUT2D eigenvalue weighted by Crippen LogP contribution is 2.41. The maximum Gasteiger partial charge on any atom is 0.335 e. The van der Waals surface area contributed by atoms with E-state index in [2.05, 4.69) is 30.1 Å². The Morgan fingerprint density at radius 1 is 0.494 bits per heavy atom. The average Bonchev–Trinajstić information content (AvgIpc) is 3.61. The summed E-state index contributed by atoms with van der Waals surface area (Å²) in [7, 11) is 1.30. The lowest BCUT2D eigenvalue weighted by molar-refractivity contribution is -0.374. The van der Waals surface area contributed by atoms with E-state index < -0.39 is 178 Å². The molecule has 0 aliphatic carbocycles. The summed E-state index contributed by atoms with van der Waals surface area (Å²) in [5, 5.41) is 88.6. The molecule has 434 valence electrons. The Hall–Kier alpha value is -5.37. The first-order valence-electron chi connectivity index (χ1n) is 25.5. The highest BCUT2D eigenvalue weighted by atomic mass is 16.8. The van der Waals surface area contributed by atoms with E-state index >= 15 is 0 Å². The second-order valence-corrected chi connectivity index (χ2v) is 19.9. The highest BCUT2D eigenvalue weighted by Gasteiger charge is 2.58. The summed E-state index contributed by atoms with van der Waals surface area (Å²) in [5.41, 5.74) is 30.0. The fraction of sp³-hybridized carbons (Fsp3) is 0.714. The van der Waals surface area contributed by atoms with Gasteiger partial charge < -0.3 is 92.6 Å². The van der Waals surface area contributed by atoms with Crippen LogP contribution in [0.1, 0.15) is 38.8 Å².